The Balaban J connectivity index is 1.56. The minimum Gasteiger partial charge on any atom is -0.348 e. The first-order chi connectivity index (χ1) is 15.1. The second-order valence-corrected chi connectivity index (χ2v) is 7.65. The molecule has 0 saturated carbocycles. The summed E-state index contributed by atoms with van der Waals surface area (Å²) in [5.74, 6) is -0.168. The average Bonchev–Trinajstić information content (AvgIpc) is 3.25. The second-order valence-electron chi connectivity index (χ2n) is 7.65. The summed E-state index contributed by atoms with van der Waals surface area (Å²) in [5.41, 5.74) is 5.10. The van der Waals surface area contributed by atoms with Gasteiger partial charge in [0.2, 0.25) is 0 Å². The molecule has 0 unspecified atom stereocenters. The number of carbonyl (C=O) groups excluding carboxylic acids is 1. The second kappa shape index (κ2) is 9.36. The van der Waals surface area contributed by atoms with Gasteiger partial charge >= 0.3 is 0 Å². The molecule has 6 nitrogen and oxygen atoms in total. The molecule has 2 aromatic heterocycles. The summed E-state index contributed by atoms with van der Waals surface area (Å²) in [7, 11) is 4.09. The number of nitrogens with one attached hydrogen (secondary N) is 1. The molecule has 0 fully saturated rings. The molecule has 0 radical (unpaired) electrons. The topological polar surface area (TPSA) is 63.1 Å². The van der Waals surface area contributed by atoms with Gasteiger partial charge in [-0.25, -0.2) is 4.68 Å². The van der Waals surface area contributed by atoms with E-state index in [9.17, 15) is 4.79 Å². The third-order valence-electron chi connectivity index (χ3n) is 4.89. The highest BCUT2D eigenvalue weighted by atomic mass is 16.1. The number of amides is 1. The van der Waals surface area contributed by atoms with Crippen molar-refractivity contribution in [2.24, 2.45) is 0 Å². The van der Waals surface area contributed by atoms with Crippen LogP contribution in [0.5, 0.6) is 0 Å². The van der Waals surface area contributed by atoms with E-state index in [1.807, 2.05) is 56.6 Å². The van der Waals surface area contributed by atoms with Gasteiger partial charge in [0.05, 0.1) is 11.3 Å². The van der Waals surface area contributed by atoms with Gasteiger partial charge < -0.3 is 10.2 Å². The van der Waals surface area contributed by atoms with E-state index >= 15 is 0 Å². The number of hydrogen-bond acceptors (Lipinski definition) is 4. The zero-order chi connectivity index (χ0) is 21.6. The van der Waals surface area contributed by atoms with Crippen molar-refractivity contribution < 1.29 is 4.79 Å². The van der Waals surface area contributed by atoms with Crippen molar-refractivity contribution in [1.29, 1.82) is 0 Å². The lowest BCUT2D eigenvalue weighted by atomic mass is 10.1. The molecule has 156 valence electrons. The first-order valence-corrected chi connectivity index (χ1v) is 10.2. The predicted molar refractivity (Wildman–Crippen MR) is 122 cm³/mol. The summed E-state index contributed by atoms with van der Waals surface area (Å²) in [5, 5.41) is 7.70. The Morgan fingerprint density at radius 1 is 0.968 bits per heavy atom. The monoisotopic (exact) mass is 411 g/mol. The Morgan fingerprint density at radius 2 is 1.71 bits per heavy atom. The van der Waals surface area contributed by atoms with Crippen LogP contribution in [0.25, 0.3) is 16.9 Å². The lowest BCUT2D eigenvalue weighted by molar-refractivity contribution is 0.0951. The summed E-state index contributed by atoms with van der Waals surface area (Å²) in [6.45, 7) is 1.34. The number of pyridine rings is 1. The number of aromatic nitrogens is 3. The molecule has 0 aliphatic heterocycles. The first-order valence-electron chi connectivity index (χ1n) is 10.2. The van der Waals surface area contributed by atoms with Crippen molar-refractivity contribution >= 4 is 5.91 Å². The van der Waals surface area contributed by atoms with E-state index in [0.29, 0.717) is 17.8 Å². The van der Waals surface area contributed by atoms with Crippen molar-refractivity contribution in [2.75, 3.05) is 14.1 Å². The van der Waals surface area contributed by atoms with Crippen LogP contribution < -0.4 is 5.32 Å². The summed E-state index contributed by atoms with van der Waals surface area (Å²) < 4.78 is 1.73. The predicted octanol–water partition coefficient (Wildman–Crippen LogP) is 3.93. The van der Waals surface area contributed by atoms with Crippen LogP contribution in [0.4, 0.5) is 0 Å². The van der Waals surface area contributed by atoms with Crippen LogP contribution >= 0.6 is 0 Å². The Bertz CT molecular complexity index is 1140. The van der Waals surface area contributed by atoms with Crippen LogP contribution in [0.2, 0.25) is 0 Å². The van der Waals surface area contributed by atoms with Gasteiger partial charge in [-0.1, -0.05) is 42.5 Å². The Kier molecular flexibility index (Phi) is 6.19. The zero-order valence-corrected chi connectivity index (χ0v) is 17.7. The van der Waals surface area contributed by atoms with E-state index in [1.54, 1.807) is 23.3 Å². The Hall–Kier alpha value is -3.77. The van der Waals surface area contributed by atoms with Gasteiger partial charge in [0.1, 0.15) is 5.69 Å². The highest BCUT2D eigenvalue weighted by Gasteiger charge is 2.18. The van der Waals surface area contributed by atoms with E-state index in [0.717, 1.165) is 23.4 Å². The van der Waals surface area contributed by atoms with Gasteiger partial charge in [-0.2, -0.15) is 5.10 Å². The van der Waals surface area contributed by atoms with Gasteiger partial charge in [-0.15, -0.1) is 0 Å². The molecule has 0 spiro atoms. The number of rotatable bonds is 7. The molecular weight excluding hydrogens is 386 g/mol. The van der Waals surface area contributed by atoms with E-state index in [1.165, 1.54) is 5.56 Å². The molecule has 0 saturated heterocycles. The fraction of sp³-hybridized carbons (Fsp3) is 0.160. The van der Waals surface area contributed by atoms with Gasteiger partial charge in [0, 0.05) is 37.2 Å². The molecule has 0 atom stereocenters. The average molecular weight is 412 g/mol. The molecule has 1 N–H and O–H groups in total. The van der Waals surface area contributed by atoms with Gasteiger partial charge in [-0.3, -0.25) is 9.78 Å². The number of benzene rings is 2. The molecule has 31 heavy (non-hydrogen) atoms. The number of para-hydroxylation sites is 1. The Morgan fingerprint density at radius 3 is 2.39 bits per heavy atom. The van der Waals surface area contributed by atoms with Crippen LogP contribution in [0, 0.1) is 0 Å². The SMILES string of the molecule is CN(C)Cc1ccc(CNC(=O)c2cn(-c3ccccc3)nc2-c2cccnc2)cc1. The maximum atomic E-state index is 13.1. The van der Waals surface area contributed by atoms with Crippen molar-refractivity contribution in [3.63, 3.8) is 0 Å². The summed E-state index contributed by atoms with van der Waals surface area (Å²) in [4.78, 5) is 19.4. The van der Waals surface area contributed by atoms with E-state index in [2.05, 4.69) is 44.6 Å². The fourth-order valence-corrected chi connectivity index (χ4v) is 3.37. The van der Waals surface area contributed by atoms with Crippen molar-refractivity contribution in [1.82, 2.24) is 25.0 Å². The van der Waals surface area contributed by atoms with E-state index in [-0.39, 0.29) is 5.91 Å². The minimum atomic E-state index is -0.168. The van der Waals surface area contributed by atoms with Crippen molar-refractivity contribution in [3.05, 3.63) is 102 Å². The number of hydrogen-bond donors (Lipinski definition) is 1. The van der Waals surface area contributed by atoms with Crippen molar-refractivity contribution in [3.8, 4) is 16.9 Å². The van der Waals surface area contributed by atoms with Crippen LogP contribution in [-0.4, -0.2) is 39.7 Å². The van der Waals surface area contributed by atoms with Crippen LogP contribution in [-0.2, 0) is 13.1 Å². The largest absolute Gasteiger partial charge is 0.348 e. The molecular formula is C25H25N5O. The maximum absolute atomic E-state index is 13.1. The van der Waals surface area contributed by atoms with Gasteiger partial charge in [0.25, 0.3) is 5.91 Å². The van der Waals surface area contributed by atoms with Crippen molar-refractivity contribution in [2.45, 2.75) is 13.1 Å². The summed E-state index contributed by atoms with van der Waals surface area (Å²) in [6.07, 6.45) is 5.20. The third kappa shape index (κ3) is 5.05. The summed E-state index contributed by atoms with van der Waals surface area (Å²) in [6, 6.07) is 21.8. The smallest absolute Gasteiger partial charge is 0.255 e. The van der Waals surface area contributed by atoms with E-state index < -0.39 is 0 Å². The highest BCUT2D eigenvalue weighted by molar-refractivity contribution is 5.99. The third-order valence-corrected chi connectivity index (χ3v) is 4.89. The van der Waals surface area contributed by atoms with Crippen LogP contribution in [0.15, 0.2) is 85.3 Å². The molecule has 4 aromatic rings. The first kappa shape index (κ1) is 20.5. The quantitative estimate of drug-likeness (QED) is 0.501. The summed E-state index contributed by atoms with van der Waals surface area (Å²) >= 11 is 0. The zero-order valence-electron chi connectivity index (χ0n) is 17.7. The molecule has 0 aliphatic rings. The number of nitrogens with zero attached hydrogens (tertiary/aromatic N) is 4. The molecule has 0 aliphatic carbocycles. The fourth-order valence-electron chi connectivity index (χ4n) is 3.37. The van der Waals surface area contributed by atoms with Crippen LogP contribution in [0.1, 0.15) is 21.5 Å². The highest BCUT2D eigenvalue weighted by Crippen LogP contribution is 2.23. The van der Waals surface area contributed by atoms with Gasteiger partial charge in [-0.05, 0) is 49.5 Å². The molecule has 6 heteroatoms. The lowest BCUT2D eigenvalue weighted by Crippen LogP contribution is -2.23. The maximum Gasteiger partial charge on any atom is 0.255 e. The normalized spacial score (nSPS) is 10.9. The van der Waals surface area contributed by atoms with E-state index in [4.69, 9.17) is 0 Å². The molecule has 1 amide bonds. The molecule has 0 bridgehead atoms. The molecule has 4 rings (SSSR count). The molecule has 2 heterocycles. The molecule has 2 aromatic carbocycles. The standard InChI is InChI=1S/C25H25N5O/c1-29(2)17-20-12-10-19(11-13-20)15-27-25(31)23-18-30(22-8-4-3-5-9-22)28-24(23)21-7-6-14-26-16-21/h3-14,16,18H,15,17H2,1-2H3,(H,27,31). The van der Waals surface area contributed by atoms with Crippen LogP contribution in [0.3, 0.4) is 0 Å². The lowest BCUT2D eigenvalue weighted by Gasteiger charge is -2.10. The van der Waals surface area contributed by atoms with Gasteiger partial charge in [0.15, 0.2) is 0 Å². The number of carbonyl (C=O) groups is 1. The minimum absolute atomic E-state index is 0.168. The Labute approximate surface area is 182 Å².